The summed E-state index contributed by atoms with van der Waals surface area (Å²) in [5.41, 5.74) is 0. The molecule has 7 N–H and O–H groups in total. The van der Waals surface area contributed by atoms with Gasteiger partial charge in [0.05, 0.1) is 26.4 Å². The molecule has 0 bridgehead atoms. The molecule has 0 spiro atoms. The fourth-order valence-corrected chi connectivity index (χ4v) is 10.3. The molecule has 0 radical (unpaired) electrons. The van der Waals surface area contributed by atoms with Gasteiger partial charge in [0.15, 0.2) is 12.6 Å². The smallest absolute Gasteiger partial charge is 0.306 e. The standard InChI is InChI=1S/C70H122O14/c1-3-5-7-9-11-13-15-17-19-21-23-25-27-29-30-32-34-36-38-40-42-44-46-48-50-52-54-79-56-59(57-80-69-68(78)66(76)64(74)61(84-69)58-81-70-67(77)65(75)63(73)60(55-71)83-70)82-62(72)53-51-49-47-45-43-41-39-37-35-33-31-28-26-24-22-20-18-16-14-12-10-8-6-4-2/h5,7,11,13,17,19,23,25,29-30,34,36,40,42,59-61,63-71,73-78H,3-4,6,8-10,12,14-16,18,20-22,24,26-28,31-33,35,37-39,41,43-58H2,1-2H3/b7-5-,13-11-,19-17-,25-23-,30-29-,36-34-,42-40-. The van der Waals surface area contributed by atoms with Crippen LogP contribution in [0, 0.1) is 0 Å². The highest BCUT2D eigenvalue weighted by Crippen LogP contribution is 2.27. The monoisotopic (exact) mass is 1190 g/mol. The minimum Gasteiger partial charge on any atom is -0.457 e. The van der Waals surface area contributed by atoms with Gasteiger partial charge in [0.2, 0.25) is 0 Å². The molecule has 11 unspecified atom stereocenters. The number of hydrogen-bond donors (Lipinski definition) is 7. The van der Waals surface area contributed by atoms with Gasteiger partial charge in [-0.15, -0.1) is 0 Å². The van der Waals surface area contributed by atoms with Gasteiger partial charge in [0.25, 0.3) is 0 Å². The van der Waals surface area contributed by atoms with E-state index in [1.165, 1.54) is 128 Å². The maximum Gasteiger partial charge on any atom is 0.306 e. The van der Waals surface area contributed by atoms with E-state index in [9.17, 15) is 40.5 Å². The van der Waals surface area contributed by atoms with Gasteiger partial charge in [-0.25, -0.2) is 0 Å². The van der Waals surface area contributed by atoms with Crippen molar-refractivity contribution in [3.63, 3.8) is 0 Å². The minimum atomic E-state index is -1.72. The number of carbonyl (C=O) groups is 1. The summed E-state index contributed by atoms with van der Waals surface area (Å²) in [6, 6.07) is 0. The normalized spacial score (nSPS) is 23.8. The number of aliphatic hydroxyl groups is 7. The van der Waals surface area contributed by atoms with Crippen LogP contribution in [-0.4, -0.2) is 142 Å². The van der Waals surface area contributed by atoms with Crippen molar-refractivity contribution < 1.29 is 69.0 Å². The van der Waals surface area contributed by atoms with Gasteiger partial charge in [-0.2, -0.15) is 0 Å². The molecular weight excluding hydrogens is 1060 g/mol. The molecular formula is C70H122O14. The Morgan fingerprint density at radius 3 is 1.21 bits per heavy atom. The zero-order valence-electron chi connectivity index (χ0n) is 52.6. The first-order valence-electron chi connectivity index (χ1n) is 33.7. The van der Waals surface area contributed by atoms with Crippen LogP contribution in [0.15, 0.2) is 85.1 Å². The van der Waals surface area contributed by atoms with Gasteiger partial charge in [-0.1, -0.05) is 259 Å². The third kappa shape index (κ3) is 40.6. The molecule has 14 nitrogen and oxygen atoms in total. The molecule has 0 aromatic rings. The highest BCUT2D eigenvalue weighted by atomic mass is 16.7. The zero-order chi connectivity index (χ0) is 60.8. The predicted molar refractivity (Wildman–Crippen MR) is 339 cm³/mol. The highest BCUT2D eigenvalue weighted by molar-refractivity contribution is 5.69. The number of rotatable bonds is 55. The van der Waals surface area contributed by atoms with Crippen LogP contribution in [0.3, 0.4) is 0 Å². The molecule has 0 amide bonds. The van der Waals surface area contributed by atoms with Crippen molar-refractivity contribution in [2.75, 3.05) is 33.0 Å². The van der Waals surface area contributed by atoms with Gasteiger partial charge in [-0.05, 0) is 70.6 Å². The van der Waals surface area contributed by atoms with E-state index in [1.54, 1.807) is 0 Å². The molecule has 2 aliphatic heterocycles. The highest BCUT2D eigenvalue weighted by Gasteiger charge is 2.47. The van der Waals surface area contributed by atoms with Crippen molar-refractivity contribution in [1.82, 2.24) is 0 Å². The Hall–Kier alpha value is -2.83. The van der Waals surface area contributed by atoms with Crippen molar-refractivity contribution in [1.29, 1.82) is 0 Å². The molecule has 2 heterocycles. The molecule has 486 valence electrons. The van der Waals surface area contributed by atoms with Crippen LogP contribution in [0.2, 0.25) is 0 Å². The summed E-state index contributed by atoms with van der Waals surface area (Å²) >= 11 is 0. The lowest BCUT2D eigenvalue weighted by Crippen LogP contribution is -2.61. The van der Waals surface area contributed by atoms with Crippen molar-refractivity contribution in [3.05, 3.63) is 85.1 Å². The molecule has 0 aromatic carbocycles. The quantitative estimate of drug-likeness (QED) is 0.0171. The molecule has 0 aliphatic carbocycles. The van der Waals surface area contributed by atoms with Crippen molar-refractivity contribution >= 4 is 5.97 Å². The average Bonchev–Trinajstić information content (AvgIpc) is 3.15. The summed E-state index contributed by atoms with van der Waals surface area (Å²) in [6.45, 7) is 3.54. The topological polar surface area (TPSA) is 214 Å². The molecule has 0 saturated carbocycles. The third-order valence-electron chi connectivity index (χ3n) is 15.7. The van der Waals surface area contributed by atoms with Gasteiger partial charge in [-0.3, -0.25) is 4.79 Å². The maximum absolute atomic E-state index is 13.1. The van der Waals surface area contributed by atoms with Crippen LogP contribution >= 0.6 is 0 Å². The van der Waals surface area contributed by atoms with E-state index < -0.39 is 80.7 Å². The largest absolute Gasteiger partial charge is 0.457 e. The summed E-state index contributed by atoms with van der Waals surface area (Å²) in [5, 5.41) is 72.6. The Morgan fingerprint density at radius 1 is 0.405 bits per heavy atom. The SMILES string of the molecule is CC/C=C\C/C=C\C/C=C\C/C=C\C/C=C\C/C=C\C/C=C\CCCCCCOCC(COC1OC(COC2OC(CO)C(O)C(O)C2O)C(O)C(O)C1O)OC(=O)CCCCCCCCCCCCCCCCCCCCCCCCCC. The zero-order valence-corrected chi connectivity index (χ0v) is 52.6. The van der Waals surface area contributed by atoms with E-state index in [0.717, 1.165) is 96.3 Å². The summed E-state index contributed by atoms with van der Waals surface area (Å²) in [5.74, 6) is -0.383. The maximum atomic E-state index is 13.1. The van der Waals surface area contributed by atoms with Crippen LogP contribution in [0.4, 0.5) is 0 Å². The number of unbranched alkanes of at least 4 members (excludes halogenated alkanes) is 27. The van der Waals surface area contributed by atoms with E-state index in [1.807, 2.05) is 0 Å². The minimum absolute atomic E-state index is 0.0418. The Kier molecular flexibility index (Phi) is 51.0. The van der Waals surface area contributed by atoms with E-state index in [4.69, 9.17) is 28.4 Å². The van der Waals surface area contributed by atoms with Crippen molar-refractivity contribution in [3.8, 4) is 0 Å². The second-order valence-corrected chi connectivity index (χ2v) is 23.3. The van der Waals surface area contributed by atoms with Gasteiger partial charge >= 0.3 is 5.97 Å². The van der Waals surface area contributed by atoms with E-state index in [0.29, 0.717) is 13.0 Å². The number of ether oxygens (including phenoxy) is 6. The fourth-order valence-electron chi connectivity index (χ4n) is 10.3. The first-order chi connectivity index (χ1) is 41.1. The second-order valence-electron chi connectivity index (χ2n) is 23.3. The Balaban J connectivity index is 1.68. The summed E-state index contributed by atoms with van der Waals surface area (Å²) in [7, 11) is 0. The van der Waals surface area contributed by atoms with Crippen molar-refractivity contribution in [2.24, 2.45) is 0 Å². The third-order valence-corrected chi connectivity index (χ3v) is 15.7. The van der Waals surface area contributed by atoms with E-state index in [2.05, 4.69) is 98.9 Å². The Morgan fingerprint density at radius 2 is 0.774 bits per heavy atom. The van der Waals surface area contributed by atoms with Crippen LogP contribution < -0.4 is 0 Å². The Labute approximate surface area is 509 Å². The number of aliphatic hydroxyl groups excluding tert-OH is 7. The lowest BCUT2D eigenvalue weighted by molar-refractivity contribution is -0.332. The predicted octanol–water partition coefficient (Wildman–Crippen LogP) is 13.9. The number of hydrogen-bond acceptors (Lipinski definition) is 14. The summed E-state index contributed by atoms with van der Waals surface area (Å²) in [4.78, 5) is 13.1. The lowest BCUT2D eigenvalue weighted by atomic mass is 9.98. The average molecular weight is 1190 g/mol. The first kappa shape index (κ1) is 77.3. The fraction of sp³-hybridized carbons (Fsp3) is 0.786. The van der Waals surface area contributed by atoms with Gasteiger partial charge < -0.3 is 64.2 Å². The van der Waals surface area contributed by atoms with Crippen LogP contribution in [-0.2, 0) is 33.2 Å². The van der Waals surface area contributed by atoms with Crippen molar-refractivity contribution in [2.45, 2.75) is 319 Å². The Bertz CT molecular complexity index is 1710. The van der Waals surface area contributed by atoms with Crippen LogP contribution in [0.5, 0.6) is 0 Å². The molecule has 2 aliphatic rings. The molecule has 0 aromatic heterocycles. The number of allylic oxidation sites excluding steroid dienone is 14. The van der Waals surface area contributed by atoms with Gasteiger partial charge in [0.1, 0.15) is 54.9 Å². The molecule has 11 atom stereocenters. The van der Waals surface area contributed by atoms with Crippen LogP contribution in [0.25, 0.3) is 0 Å². The molecule has 2 rings (SSSR count). The number of carbonyl (C=O) groups excluding carboxylic acids is 1. The van der Waals surface area contributed by atoms with Gasteiger partial charge in [0, 0.05) is 13.0 Å². The molecule has 14 heteroatoms. The molecule has 2 fully saturated rings. The second kappa shape index (κ2) is 55.5. The van der Waals surface area contributed by atoms with E-state index >= 15 is 0 Å². The summed E-state index contributed by atoms with van der Waals surface area (Å²) < 4.78 is 34.5. The lowest BCUT2D eigenvalue weighted by Gasteiger charge is -2.42. The summed E-state index contributed by atoms with van der Waals surface area (Å²) in [6.07, 6.45) is 58.0. The molecule has 84 heavy (non-hydrogen) atoms. The molecule has 2 saturated heterocycles. The van der Waals surface area contributed by atoms with Crippen LogP contribution in [0.1, 0.15) is 251 Å². The van der Waals surface area contributed by atoms with E-state index in [-0.39, 0.29) is 25.6 Å². The first-order valence-corrected chi connectivity index (χ1v) is 33.7. The number of esters is 1.